The van der Waals surface area contributed by atoms with Crippen LogP contribution < -0.4 is 10.9 Å². The average molecular weight is 311 g/mol. The zero-order valence-corrected chi connectivity index (χ0v) is 13.0. The Morgan fingerprint density at radius 2 is 2.48 bits per heavy atom. The molecule has 1 saturated heterocycles. The zero-order valence-electron chi connectivity index (χ0n) is 12.2. The van der Waals surface area contributed by atoms with E-state index in [0.29, 0.717) is 11.7 Å². The Balaban J connectivity index is 1.78. The first-order chi connectivity index (χ1) is 10.2. The van der Waals surface area contributed by atoms with Gasteiger partial charge in [-0.1, -0.05) is 25.1 Å². The van der Waals surface area contributed by atoms with E-state index in [2.05, 4.69) is 15.3 Å². The summed E-state index contributed by atoms with van der Waals surface area (Å²) < 4.78 is 5.44. The second-order valence-corrected chi connectivity index (χ2v) is 5.98. The van der Waals surface area contributed by atoms with Gasteiger partial charge in [0, 0.05) is 24.9 Å². The lowest BCUT2D eigenvalue weighted by Crippen LogP contribution is -2.33. The fourth-order valence-corrected chi connectivity index (χ4v) is 2.88. The van der Waals surface area contributed by atoms with Crippen molar-refractivity contribution in [3.63, 3.8) is 0 Å². The normalized spacial score (nSPS) is 17.9. The van der Waals surface area contributed by atoms with Crippen LogP contribution in [0.25, 0.3) is 0 Å². The molecule has 0 aliphatic carbocycles. The van der Waals surface area contributed by atoms with Crippen LogP contribution in [0.1, 0.15) is 31.9 Å². The van der Waals surface area contributed by atoms with E-state index < -0.39 is 0 Å². The summed E-state index contributed by atoms with van der Waals surface area (Å²) in [7, 11) is 0. The molecule has 0 bridgehead atoms. The summed E-state index contributed by atoms with van der Waals surface area (Å²) in [5.74, 6) is 0.171. The van der Waals surface area contributed by atoms with Crippen molar-refractivity contribution in [1.82, 2.24) is 15.3 Å². The molecule has 0 saturated carbocycles. The minimum absolute atomic E-state index is 0.0703. The number of carbonyl (C=O) groups is 1. The number of H-pyrrole nitrogens is 1. The van der Waals surface area contributed by atoms with Gasteiger partial charge in [-0.05, 0) is 19.3 Å². The molecule has 21 heavy (non-hydrogen) atoms. The number of aromatic amines is 1. The number of aryl methyl sites for hydroxylation is 1. The van der Waals surface area contributed by atoms with E-state index >= 15 is 0 Å². The summed E-state index contributed by atoms with van der Waals surface area (Å²) in [6.07, 6.45) is 3.90. The number of nitrogens with zero attached hydrogens (tertiary/aromatic N) is 1. The number of hydrogen-bond acceptors (Lipinski definition) is 5. The number of nitrogens with one attached hydrogen (secondary N) is 2. The Labute approximate surface area is 128 Å². The second-order valence-electron chi connectivity index (χ2n) is 5.02. The van der Waals surface area contributed by atoms with E-state index in [9.17, 15) is 9.59 Å². The van der Waals surface area contributed by atoms with Crippen molar-refractivity contribution >= 4 is 17.7 Å². The highest BCUT2D eigenvalue weighted by atomic mass is 32.2. The van der Waals surface area contributed by atoms with E-state index in [4.69, 9.17) is 4.74 Å². The maximum Gasteiger partial charge on any atom is 0.251 e. The number of amides is 1. The maximum absolute atomic E-state index is 11.8. The first-order valence-electron chi connectivity index (χ1n) is 7.28. The predicted octanol–water partition coefficient (Wildman–Crippen LogP) is 1.11. The van der Waals surface area contributed by atoms with Crippen LogP contribution in [0, 0.1) is 0 Å². The van der Waals surface area contributed by atoms with E-state index in [1.807, 2.05) is 6.92 Å². The Morgan fingerprint density at radius 1 is 1.62 bits per heavy atom. The molecule has 1 aliphatic heterocycles. The van der Waals surface area contributed by atoms with E-state index in [0.717, 1.165) is 38.0 Å². The van der Waals surface area contributed by atoms with E-state index in [1.54, 1.807) is 0 Å². The minimum Gasteiger partial charge on any atom is -0.376 e. The molecule has 7 heteroatoms. The monoisotopic (exact) mass is 311 g/mol. The van der Waals surface area contributed by atoms with Gasteiger partial charge in [0.15, 0.2) is 5.16 Å². The molecule has 1 amide bonds. The molecule has 1 fully saturated rings. The van der Waals surface area contributed by atoms with Gasteiger partial charge >= 0.3 is 0 Å². The summed E-state index contributed by atoms with van der Waals surface area (Å²) in [4.78, 5) is 30.3. The van der Waals surface area contributed by atoms with Crippen molar-refractivity contribution in [2.24, 2.45) is 0 Å². The molecule has 2 N–H and O–H groups in total. The molecular weight excluding hydrogens is 290 g/mol. The third kappa shape index (κ3) is 5.51. The van der Waals surface area contributed by atoms with Crippen LogP contribution in [0.15, 0.2) is 16.0 Å². The average Bonchev–Trinajstić information content (AvgIpc) is 2.96. The van der Waals surface area contributed by atoms with Gasteiger partial charge in [-0.25, -0.2) is 4.98 Å². The Morgan fingerprint density at radius 3 is 3.19 bits per heavy atom. The summed E-state index contributed by atoms with van der Waals surface area (Å²) in [5, 5.41) is 3.34. The summed E-state index contributed by atoms with van der Waals surface area (Å²) in [6, 6.07) is 1.51. The van der Waals surface area contributed by atoms with Crippen LogP contribution in [-0.2, 0) is 16.0 Å². The Kier molecular flexibility index (Phi) is 6.25. The highest BCUT2D eigenvalue weighted by Gasteiger charge is 2.16. The van der Waals surface area contributed by atoms with Gasteiger partial charge in [-0.15, -0.1) is 0 Å². The van der Waals surface area contributed by atoms with Gasteiger partial charge in [-0.2, -0.15) is 0 Å². The fourth-order valence-electron chi connectivity index (χ4n) is 2.15. The van der Waals surface area contributed by atoms with Crippen LogP contribution >= 0.6 is 11.8 Å². The van der Waals surface area contributed by atoms with Crippen LogP contribution in [0.4, 0.5) is 0 Å². The molecule has 6 nitrogen and oxygen atoms in total. The number of carbonyl (C=O) groups excluding carboxylic acids is 1. The van der Waals surface area contributed by atoms with Gasteiger partial charge in [0.05, 0.1) is 11.9 Å². The SMILES string of the molecule is CCCc1cc(=O)[nH]c(SCC(=O)NC[C@H]2CCCO2)n1. The van der Waals surface area contributed by atoms with Crippen molar-refractivity contribution in [1.29, 1.82) is 0 Å². The first-order valence-corrected chi connectivity index (χ1v) is 8.27. The smallest absolute Gasteiger partial charge is 0.251 e. The molecule has 1 aromatic rings. The van der Waals surface area contributed by atoms with Crippen molar-refractivity contribution in [3.05, 3.63) is 22.1 Å². The summed E-state index contributed by atoms with van der Waals surface area (Å²) >= 11 is 1.25. The third-order valence-electron chi connectivity index (χ3n) is 3.17. The van der Waals surface area contributed by atoms with E-state index in [1.165, 1.54) is 17.8 Å². The lowest BCUT2D eigenvalue weighted by Gasteiger charge is -2.10. The molecule has 0 radical (unpaired) electrons. The van der Waals surface area contributed by atoms with Gasteiger partial charge in [0.2, 0.25) is 5.91 Å². The highest BCUT2D eigenvalue weighted by Crippen LogP contribution is 2.13. The van der Waals surface area contributed by atoms with E-state index in [-0.39, 0.29) is 23.3 Å². The molecule has 0 unspecified atom stereocenters. The van der Waals surface area contributed by atoms with Gasteiger partial charge < -0.3 is 15.0 Å². The summed E-state index contributed by atoms with van der Waals surface area (Å²) in [6.45, 7) is 3.37. The zero-order chi connectivity index (χ0) is 15.1. The van der Waals surface area contributed by atoms with Gasteiger partial charge in [-0.3, -0.25) is 9.59 Å². The molecule has 0 aromatic carbocycles. The van der Waals surface area contributed by atoms with Crippen LogP contribution in [0.5, 0.6) is 0 Å². The molecular formula is C14H21N3O3S. The predicted molar refractivity (Wildman–Crippen MR) is 81.6 cm³/mol. The van der Waals surface area contributed by atoms with Crippen LogP contribution in [0.3, 0.4) is 0 Å². The van der Waals surface area contributed by atoms with Crippen LogP contribution in [-0.4, -0.2) is 40.9 Å². The number of ether oxygens (including phenoxy) is 1. The molecule has 2 rings (SSSR count). The first kappa shape index (κ1) is 16.0. The lowest BCUT2D eigenvalue weighted by atomic mass is 10.2. The van der Waals surface area contributed by atoms with Crippen molar-refractivity contribution in [3.8, 4) is 0 Å². The Bertz CT molecular complexity index is 526. The van der Waals surface area contributed by atoms with Crippen molar-refractivity contribution in [2.45, 2.75) is 43.9 Å². The molecule has 2 heterocycles. The molecule has 1 atom stereocenters. The van der Waals surface area contributed by atoms with Crippen molar-refractivity contribution in [2.75, 3.05) is 18.9 Å². The quantitative estimate of drug-likeness (QED) is 0.582. The molecule has 1 aliphatic rings. The highest BCUT2D eigenvalue weighted by molar-refractivity contribution is 7.99. The number of rotatable bonds is 7. The molecule has 0 spiro atoms. The third-order valence-corrected chi connectivity index (χ3v) is 4.04. The van der Waals surface area contributed by atoms with Crippen molar-refractivity contribution < 1.29 is 9.53 Å². The standard InChI is InChI=1S/C14H21N3O3S/c1-2-4-10-7-12(18)17-14(16-10)21-9-13(19)15-8-11-5-3-6-20-11/h7,11H,2-6,8-9H2,1H3,(H,15,19)(H,16,17,18)/t11-/m1/s1. The lowest BCUT2D eigenvalue weighted by molar-refractivity contribution is -0.119. The maximum atomic E-state index is 11.8. The van der Waals surface area contributed by atoms with Gasteiger partial charge in [0.25, 0.3) is 5.56 Å². The number of hydrogen-bond donors (Lipinski definition) is 2. The largest absolute Gasteiger partial charge is 0.376 e. The summed E-state index contributed by atoms with van der Waals surface area (Å²) in [5.41, 5.74) is 0.597. The molecule has 1 aromatic heterocycles. The number of aromatic nitrogens is 2. The minimum atomic E-state index is -0.171. The fraction of sp³-hybridized carbons (Fsp3) is 0.643. The second kappa shape index (κ2) is 8.19. The van der Waals surface area contributed by atoms with Gasteiger partial charge in [0.1, 0.15) is 0 Å². The van der Waals surface area contributed by atoms with Crippen LogP contribution in [0.2, 0.25) is 0 Å². The topological polar surface area (TPSA) is 84.1 Å². The molecule has 116 valence electrons. The number of thioether (sulfide) groups is 1. The Hall–Kier alpha value is -1.34.